The van der Waals surface area contributed by atoms with E-state index < -0.39 is 17.9 Å². The minimum Gasteiger partial charge on any atom is -0.435 e. The maximum absolute atomic E-state index is 12.0. The molecule has 0 radical (unpaired) electrons. The minimum absolute atomic E-state index is 0.202. The molecule has 0 aliphatic heterocycles. The minimum atomic E-state index is -0.812. The van der Waals surface area contributed by atoms with Gasteiger partial charge in [0.1, 0.15) is 11.7 Å². The number of carbonyl (C=O) groups excluding carboxylic acids is 1. The number of nitrogens with zero attached hydrogens (tertiary/aromatic N) is 1. The highest BCUT2D eigenvalue weighted by Gasteiger charge is 2.19. The Morgan fingerprint density at radius 2 is 2.00 bits per heavy atom. The van der Waals surface area contributed by atoms with E-state index in [9.17, 15) is 9.59 Å². The Balaban J connectivity index is 2.50. The van der Waals surface area contributed by atoms with Gasteiger partial charge >= 0.3 is 11.8 Å². The number of hydrogen-bond acceptors (Lipinski definition) is 6. The Hall–Kier alpha value is -2.76. The molecule has 6 nitrogen and oxygen atoms in total. The summed E-state index contributed by atoms with van der Waals surface area (Å²) in [4.78, 5) is 25.7. The van der Waals surface area contributed by atoms with Gasteiger partial charge in [0.15, 0.2) is 0 Å². The quantitative estimate of drug-likeness (QED) is 0.428. The van der Waals surface area contributed by atoms with Crippen molar-refractivity contribution in [2.45, 2.75) is 26.9 Å². The Morgan fingerprint density at radius 3 is 2.60 bits per heavy atom. The van der Waals surface area contributed by atoms with Crippen molar-refractivity contribution in [2.75, 3.05) is 24.6 Å². The third-order valence-corrected chi connectivity index (χ3v) is 3.89. The zero-order valence-electron chi connectivity index (χ0n) is 14.8. The fourth-order valence-corrected chi connectivity index (χ4v) is 2.69. The normalized spacial score (nSPS) is 11.8. The topological polar surface area (TPSA) is 69.0 Å². The standard InChI is InChI=1S/C19H23NO5/c1-5-16(25-19(22)23-8-4)15-12-18(21)24-17-11-13(9-10-14(15)17)20(6-2)7-3/h5,9-12,16H,1,6-8H2,2-4H3. The molecule has 0 amide bonds. The molecule has 0 aliphatic carbocycles. The zero-order chi connectivity index (χ0) is 18.4. The van der Waals surface area contributed by atoms with E-state index in [1.54, 1.807) is 6.92 Å². The lowest BCUT2D eigenvalue weighted by molar-refractivity contribution is 0.0404. The molecule has 6 heteroatoms. The fraction of sp³-hybridized carbons (Fsp3) is 0.368. The number of carbonyl (C=O) groups is 1. The Bertz CT molecular complexity index is 807. The molecule has 0 N–H and O–H groups in total. The molecular weight excluding hydrogens is 322 g/mol. The molecule has 0 bridgehead atoms. The molecule has 1 aromatic heterocycles. The monoisotopic (exact) mass is 345 g/mol. The highest BCUT2D eigenvalue weighted by molar-refractivity contribution is 5.84. The van der Waals surface area contributed by atoms with E-state index in [-0.39, 0.29) is 6.61 Å². The van der Waals surface area contributed by atoms with Crippen LogP contribution in [0.5, 0.6) is 0 Å². The molecule has 1 aromatic carbocycles. The lowest BCUT2D eigenvalue weighted by atomic mass is 10.0. The van der Waals surface area contributed by atoms with Crippen LogP contribution >= 0.6 is 0 Å². The molecule has 25 heavy (non-hydrogen) atoms. The number of rotatable bonds is 7. The van der Waals surface area contributed by atoms with Crippen LogP contribution < -0.4 is 10.5 Å². The zero-order valence-corrected chi connectivity index (χ0v) is 14.8. The number of ether oxygens (including phenoxy) is 2. The largest absolute Gasteiger partial charge is 0.509 e. The van der Waals surface area contributed by atoms with Gasteiger partial charge in [0.2, 0.25) is 0 Å². The number of fused-ring (bicyclic) bond motifs is 1. The van der Waals surface area contributed by atoms with Crippen LogP contribution in [-0.2, 0) is 9.47 Å². The first kappa shape index (κ1) is 18.6. The lowest BCUT2D eigenvalue weighted by Gasteiger charge is -2.21. The molecule has 1 heterocycles. The fourth-order valence-electron chi connectivity index (χ4n) is 2.69. The van der Waals surface area contributed by atoms with Gasteiger partial charge in [-0.3, -0.25) is 0 Å². The Morgan fingerprint density at radius 1 is 1.28 bits per heavy atom. The number of hydrogen-bond donors (Lipinski definition) is 0. The molecule has 2 rings (SSSR count). The maximum Gasteiger partial charge on any atom is 0.509 e. The van der Waals surface area contributed by atoms with Gasteiger partial charge in [-0.15, -0.1) is 0 Å². The predicted octanol–water partition coefficient (Wildman–Crippen LogP) is 4.04. The van der Waals surface area contributed by atoms with Crippen molar-refractivity contribution >= 4 is 22.8 Å². The second kappa shape index (κ2) is 8.37. The van der Waals surface area contributed by atoms with Crippen LogP contribution in [0.2, 0.25) is 0 Å². The molecule has 2 aromatic rings. The van der Waals surface area contributed by atoms with Crippen molar-refractivity contribution in [3.8, 4) is 0 Å². The third-order valence-electron chi connectivity index (χ3n) is 3.89. The first-order valence-electron chi connectivity index (χ1n) is 8.32. The van der Waals surface area contributed by atoms with Gasteiger partial charge in [-0.25, -0.2) is 9.59 Å². The van der Waals surface area contributed by atoms with Gasteiger partial charge in [0.05, 0.1) is 6.61 Å². The van der Waals surface area contributed by atoms with Crippen LogP contribution in [0.25, 0.3) is 11.0 Å². The van der Waals surface area contributed by atoms with Crippen molar-refractivity contribution in [1.29, 1.82) is 0 Å². The first-order valence-corrected chi connectivity index (χ1v) is 8.32. The van der Waals surface area contributed by atoms with Crippen LogP contribution in [0.1, 0.15) is 32.4 Å². The van der Waals surface area contributed by atoms with Gasteiger partial charge in [-0.1, -0.05) is 6.58 Å². The summed E-state index contributed by atoms with van der Waals surface area (Å²) < 4.78 is 15.4. The average Bonchev–Trinajstić information content (AvgIpc) is 2.60. The summed E-state index contributed by atoms with van der Waals surface area (Å²) in [7, 11) is 0. The van der Waals surface area contributed by atoms with E-state index in [1.165, 1.54) is 12.1 Å². The molecule has 0 saturated carbocycles. The molecule has 0 saturated heterocycles. The van der Waals surface area contributed by atoms with Crippen LogP contribution in [0.15, 0.2) is 46.1 Å². The number of benzene rings is 1. The van der Waals surface area contributed by atoms with E-state index in [1.807, 2.05) is 18.2 Å². The van der Waals surface area contributed by atoms with Crippen LogP contribution in [0, 0.1) is 0 Å². The predicted molar refractivity (Wildman–Crippen MR) is 97.1 cm³/mol. The summed E-state index contributed by atoms with van der Waals surface area (Å²) >= 11 is 0. The summed E-state index contributed by atoms with van der Waals surface area (Å²) in [5, 5.41) is 0.685. The Labute approximate surface area is 146 Å². The molecule has 134 valence electrons. The van der Waals surface area contributed by atoms with E-state index in [4.69, 9.17) is 13.9 Å². The summed E-state index contributed by atoms with van der Waals surface area (Å²) in [6.45, 7) is 11.4. The van der Waals surface area contributed by atoms with Crippen LogP contribution in [0.3, 0.4) is 0 Å². The second-order valence-corrected chi connectivity index (χ2v) is 5.33. The summed E-state index contributed by atoms with van der Waals surface area (Å²) in [5.74, 6) is 0. The summed E-state index contributed by atoms with van der Waals surface area (Å²) in [6.07, 6.45) is -0.165. The molecule has 0 aliphatic rings. The first-order chi connectivity index (χ1) is 12.0. The van der Waals surface area contributed by atoms with Crippen molar-refractivity contribution in [1.82, 2.24) is 0 Å². The second-order valence-electron chi connectivity index (χ2n) is 5.33. The molecule has 1 atom stereocenters. The highest BCUT2D eigenvalue weighted by Crippen LogP contribution is 2.29. The molecular formula is C19H23NO5. The molecule has 1 unspecified atom stereocenters. The van der Waals surface area contributed by atoms with E-state index in [0.29, 0.717) is 16.5 Å². The van der Waals surface area contributed by atoms with E-state index >= 15 is 0 Å². The van der Waals surface area contributed by atoms with Gasteiger partial charge in [0.25, 0.3) is 0 Å². The van der Waals surface area contributed by atoms with Crippen molar-refractivity contribution in [2.24, 2.45) is 0 Å². The van der Waals surface area contributed by atoms with Crippen molar-refractivity contribution < 1.29 is 18.7 Å². The lowest BCUT2D eigenvalue weighted by Crippen LogP contribution is -2.21. The van der Waals surface area contributed by atoms with Gasteiger partial charge in [0, 0.05) is 41.9 Å². The molecule has 0 fully saturated rings. The van der Waals surface area contributed by atoms with Crippen molar-refractivity contribution in [3.05, 3.63) is 52.9 Å². The highest BCUT2D eigenvalue weighted by atomic mass is 16.7. The maximum atomic E-state index is 12.0. The summed E-state index contributed by atoms with van der Waals surface area (Å²) in [6, 6.07) is 6.93. The smallest absolute Gasteiger partial charge is 0.435 e. The SMILES string of the molecule is C=CC(OC(=O)OCC)c1cc(=O)oc2cc(N(CC)CC)ccc12. The van der Waals surface area contributed by atoms with Gasteiger partial charge < -0.3 is 18.8 Å². The molecule has 0 spiro atoms. The number of anilines is 1. The van der Waals surface area contributed by atoms with E-state index in [2.05, 4.69) is 25.3 Å². The van der Waals surface area contributed by atoms with Crippen LogP contribution in [0.4, 0.5) is 10.5 Å². The van der Waals surface area contributed by atoms with E-state index in [0.717, 1.165) is 18.8 Å². The summed E-state index contributed by atoms with van der Waals surface area (Å²) in [5.41, 5.74) is 1.39. The average molecular weight is 345 g/mol. The Kier molecular flexibility index (Phi) is 6.22. The van der Waals surface area contributed by atoms with Gasteiger partial charge in [-0.2, -0.15) is 0 Å². The van der Waals surface area contributed by atoms with Crippen LogP contribution in [-0.4, -0.2) is 25.9 Å². The van der Waals surface area contributed by atoms with Crippen molar-refractivity contribution in [3.63, 3.8) is 0 Å². The third kappa shape index (κ3) is 4.21. The van der Waals surface area contributed by atoms with Gasteiger partial charge in [-0.05, 0) is 39.0 Å².